The van der Waals surface area contributed by atoms with Crippen molar-refractivity contribution in [2.75, 3.05) is 13.1 Å². The molecular weight excluding hydrogens is 411 g/mol. The number of benzene rings is 2. The van der Waals surface area contributed by atoms with Crippen LogP contribution in [0.4, 0.5) is 13.2 Å². The lowest BCUT2D eigenvalue weighted by molar-refractivity contribution is -0.124. The molecule has 162 valence electrons. The van der Waals surface area contributed by atoms with Gasteiger partial charge in [-0.3, -0.25) is 9.59 Å². The molecule has 31 heavy (non-hydrogen) atoms. The first kappa shape index (κ1) is 20.9. The highest BCUT2D eigenvalue weighted by molar-refractivity contribution is 5.92. The van der Waals surface area contributed by atoms with Crippen LogP contribution in [0.25, 0.3) is 22.2 Å². The van der Waals surface area contributed by atoms with E-state index in [0.29, 0.717) is 16.8 Å². The second kappa shape index (κ2) is 8.43. The fraction of sp³-hybridized carbons (Fsp3) is 0.273. The molecule has 0 spiro atoms. The fourth-order valence-electron chi connectivity index (χ4n) is 3.86. The van der Waals surface area contributed by atoms with E-state index in [2.05, 4.69) is 15.6 Å². The Labute approximate surface area is 175 Å². The Morgan fingerprint density at radius 2 is 1.97 bits per heavy atom. The van der Waals surface area contributed by atoms with Crippen LogP contribution < -0.4 is 10.6 Å². The molecule has 2 atom stereocenters. The third-order valence-electron chi connectivity index (χ3n) is 5.45. The lowest BCUT2D eigenvalue weighted by atomic mass is 10.0. The standard InChI is InChI=1S/C22H20F3N3O3/c23-12-3-1-2-11(6-12)20-14(15-7-13(24)8-17(25)21(15)28-20)4-5-19(30)26-9-16-18(29)10-27-22(16)31/h1-3,6-8,16,18,28-29H,4-5,9-10H2,(H,26,30)(H,27,31)/t16-,18+/m0/s1. The molecule has 4 N–H and O–H groups in total. The molecule has 0 aliphatic carbocycles. The van der Waals surface area contributed by atoms with E-state index >= 15 is 0 Å². The second-order valence-electron chi connectivity index (χ2n) is 7.52. The molecule has 0 bridgehead atoms. The van der Waals surface area contributed by atoms with Crippen LogP contribution in [0.1, 0.15) is 12.0 Å². The Kier molecular flexibility index (Phi) is 5.69. The van der Waals surface area contributed by atoms with Gasteiger partial charge in [0.1, 0.15) is 17.5 Å². The van der Waals surface area contributed by atoms with Crippen molar-refractivity contribution in [3.05, 3.63) is 59.4 Å². The summed E-state index contributed by atoms with van der Waals surface area (Å²) in [6.45, 7) is 0.128. The number of β-amino-alcohol motifs (C(OH)–C–C–N with tert-alkyl or cyclic N) is 1. The van der Waals surface area contributed by atoms with Gasteiger partial charge < -0.3 is 20.7 Å². The summed E-state index contributed by atoms with van der Waals surface area (Å²) in [5.41, 5.74) is 1.39. The summed E-state index contributed by atoms with van der Waals surface area (Å²) in [6, 6.07) is 7.59. The number of aromatic nitrogens is 1. The van der Waals surface area contributed by atoms with Crippen molar-refractivity contribution in [3.8, 4) is 11.3 Å². The topological polar surface area (TPSA) is 94.2 Å². The predicted octanol–water partition coefficient (Wildman–Crippen LogP) is 2.41. The van der Waals surface area contributed by atoms with Crippen molar-refractivity contribution in [1.29, 1.82) is 0 Å². The number of nitrogens with one attached hydrogen (secondary N) is 3. The molecule has 9 heteroatoms. The van der Waals surface area contributed by atoms with Gasteiger partial charge in [0.25, 0.3) is 0 Å². The quantitative estimate of drug-likeness (QED) is 0.483. The van der Waals surface area contributed by atoms with E-state index in [0.717, 1.165) is 6.07 Å². The van der Waals surface area contributed by atoms with Crippen molar-refractivity contribution in [1.82, 2.24) is 15.6 Å². The van der Waals surface area contributed by atoms with Crippen LogP contribution >= 0.6 is 0 Å². The highest BCUT2D eigenvalue weighted by Crippen LogP contribution is 2.33. The monoisotopic (exact) mass is 431 g/mol. The number of H-pyrrole nitrogens is 1. The Morgan fingerprint density at radius 3 is 2.68 bits per heavy atom. The molecule has 1 aromatic heterocycles. The number of fused-ring (bicyclic) bond motifs is 1. The van der Waals surface area contributed by atoms with E-state index in [9.17, 15) is 27.9 Å². The van der Waals surface area contributed by atoms with E-state index in [1.165, 1.54) is 24.3 Å². The van der Waals surface area contributed by atoms with E-state index in [1.54, 1.807) is 6.07 Å². The SMILES string of the molecule is O=C(CCc1c(-c2cccc(F)c2)[nH]c2c(F)cc(F)cc12)NC[C@@H]1C(=O)NC[C@H]1O. The number of amides is 2. The Morgan fingerprint density at radius 1 is 1.16 bits per heavy atom. The lowest BCUT2D eigenvalue weighted by Crippen LogP contribution is -2.36. The normalized spacial score (nSPS) is 18.4. The van der Waals surface area contributed by atoms with E-state index in [4.69, 9.17) is 0 Å². The van der Waals surface area contributed by atoms with Crippen LogP contribution in [0.15, 0.2) is 36.4 Å². The van der Waals surface area contributed by atoms with Gasteiger partial charge in [-0.25, -0.2) is 13.2 Å². The molecule has 1 aliphatic heterocycles. The van der Waals surface area contributed by atoms with Crippen LogP contribution in [0.2, 0.25) is 0 Å². The van der Waals surface area contributed by atoms with Crippen molar-refractivity contribution < 1.29 is 27.9 Å². The largest absolute Gasteiger partial charge is 0.390 e. The predicted molar refractivity (Wildman–Crippen MR) is 107 cm³/mol. The minimum Gasteiger partial charge on any atom is -0.390 e. The molecule has 0 saturated carbocycles. The molecular formula is C22H20F3N3O3. The van der Waals surface area contributed by atoms with Crippen LogP contribution in [0.3, 0.4) is 0 Å². The average molecular weight is 431 g/mol. The molecule has 1 saturated heterocycles. The smallest absolute Gasteiger partial charge is 0.227 e. The zero-order valence-corrected chi connectivity index (χ0v) is 16.3. The summed E-state index contributed by atoms with van der Waals surface area (Å²) in [6.07, 6.45) is -0.774. The molecule has 0 radical (unpaired) electrons. The molecule has 0 unspecified atom stereocenters. The van der Waals surface area contributed by atoms with Gasteiger partial charge >= 0.3 is 0 Å². The maximum atomic E-state index is 14.3. The summed E-state index contributed by atoms with van der Waals surface area (Å²) in [5.74, 6) is -3.47. The number of halogens is 3. The maximum absolute atomic E-state index is 14.3. The minimum atomic E-state index is -0.869. The first-order chi connectivity index (χ1) is 14.8. The molecule has 6 nitrogen and oxygen atoms in total. The Bertz CT molecular complexity index is 1160. The van der Waals surface area contributed by atoms with Gasteiger partial charge in [-0.1, -0.05) is 12.1 Å². The molecule has 1 fully saturated rings. The van der Waals surface area contributed by atoms with Gasteiger partial charge in [0, 0.05) is 42.2 Å². The number of aliphatic hydroxyl groups excluding tert-OH is 1. The molecule has 2 heterocycles. The van der Waals surface area contributed by atoms with Gasteiger partial charge in [-0.2, -0.15) is 0 Å². The van der Waals surface area contributed by atoms with E-state index < -0.39 is 29.5 Å². The van der Waals surface area contributed by atoms with Gasteiger partial charge in [0.15, 0.2) is 0 Å². The number of hydrogen-bond donors (Lipinski definition) is 4. The van der Waals surface area contributed by atoms with Crippen molar-refractivity contribution in [3.63, 3.8) is 0 Å². The van der Waals surface area contributed by atoms with Crippen LogP contribution in [-0.2, 0) is 16.0 Å². The van der Waals surface area contributed by atoms with E-state index in [-0.39, 0.29) is 48.6 Å². The van der Waals surface area contributed by atoms with Crippen molar-refractivity contribution in [2.24, 2.45) is 5.92 Å². The number of carbonyl (C=O) groups is 2. The molecule has 3 aromatic rings. The average Bonchev–Trinajstić information content (AvgIpc) is 3.24. The third-order valence-corrected chi connectivity index (χ3v) is 5.45. The first-order valence-corrected chi connectivity index (χ1v) is 9.81. The molecule has 2 amide bonds. The fourth-order valence-corrected chi connectivity index (χ4v) is 3.86. The number of rotatable bonds is 6. The van der Waals surface area contributed by atoms with Gasteiger partial charge in [0.2, 0.25) is 11.8 Å². The molecule has 2 aromatic carbocycles. The summed E-state index contributed by atoms with van der Waals surface area (Å²) in [4.78, 5) is 26.9. The highest BCUT2D eigenvalue weighted by Gasteiger charge is 2.33. The van der Waals surface area contributed by atoms with Gasteiger partial charge in [0.05, 0.1) is 17.5 Å². The van der Waals surface area contributed by atoms with Crippen LogP contribution in [0, 0.1) is 23.4 Å². The Balaban J connectivity index is 1.58. The van der Waals surface area contributed by atoms with Crippen LogP contribution in [0.5, 0.6) is 0 Å². The number of aliphatic hydroxyl groups is 1. The summed E-state index contributed by atoms with van der Waals surface area (Å²) in [7, 11) is 0. The Hall–Kier alpha value is -3.33. The first-order valence-electron chi connectivity index (χ1n) is 9.81. The van der Waals surface area contributed by atoms with Crippen molar-refractivity contribution in [2.45, 2.75) is 18.9 Å². The zero-order chi connectivity index (χ0) is 22.1. The number of aromatic amines is 1. The molecule has 1 aliphatic rings. The van der Waals surface area contributed by atoms with Gasteiger partial charge in [-0.05, 0) is 30.2 Å². The summed E-state index contributed by atoms with van der Waals surface area (Å²) in [5, 5.41) is 15.2. The highest BCUT2D eigenvalue weighted by atomic mass is 19.1. The second-order valence-corrected chi connectivity index (χ2v) is 7.52. The summed E-state index contributed by atoms with van der Waals surface area (Å²) >= 11 is 0. The zero-order valence-electron chi connectivity index (χ0n) is 16.3. The minimum absolute atomic E-state index is 0.0142. The number of carbonyl (C=O) groups excluding carboxylic acids is 2. The number of hydrogen-bond acceptors (Lipinski definition) is 3. The van der Waals surface area contributed by atoms with Crippen molar-refractivity contribution >= 4 is 22.7 Å². The lowest BCUT2D eigenvalue weighted by Gasteiger charge is -2.12. The van der Waals surface area contributed by atoms with Crippen LogP contribution in [-0.4, -0.2) is 41.1 Å². The molecule has 4 rings (SSSR count). The van der Waals surface area contributed by atoms with Gasteiger partial charge in [-0.15, -0.1) is 0 Å². The van der Waals surface area contributed by atoms with E-state index in [1.807, 2.05) is 0 Å². The summed E-state index contributed by atoms with van der Waals surface area (Å²) < 4.78 is 41.9. The third kappa shape index (κ3) is 4.27. The number of aryl methyl sites for hydroxylation is 1. The maximum Gasteiger partial charge on any atom is 0.227 e.